The number of hydrogen-bond acceptors (Lipinski definition) is 3. The van der Waals surface area contributed by atoms with Crippen molar-refractivity contribution in [2.45, 2.75) is 25.7 Å². The van der Waals surface area contributed by atoms with E-state index in [-0.39, 0.29) is 17.4 Å². The van der Waals surface area contributed by atoms with Crippen LogP contribution in [-0.2, 0) is 4.79 Å². The summed E-state index contributed by atoms with van der Waals surface area (Å²) >= 11 is 0. The number of rotatable bonds is 3. The van der Waals surface area contributed by atoms with E-state index in [4.69, 9.17) is 5.11 Å². The lowest BCUT2D eigenvalue weighted by Gasteiger charge is -2.31. The zero-order chi connectivity index (χ0) is 17.1. The van der Waals surface area contributed by atoms with Crippen LogP contribution in [0.15, 0.2) is 42.6 Å². The molecule has 5 heteroatoms. The van der Waals surface area contributed by atoms with E-state index >= 15 is 0 Å². The first-order chi connectivity index (χ1) is 11.5. The Labute approximate surface area is 140 Å². The molecule has 0 radical (unpaired) electrons. The number of nitrogens with zero attached hydrogens (tertiary/aromatic N) is 2. The quantitative estimate of drug-likeness (QED) is 0.941. The maximum Gasteiger partial charge on any atom is 0.335 e. The molecule has 5 nitrogen and oxygen atoms in total. The van der Waals surface area contributed by atoms with Gasteiger partial charge in [0.2, 0.25) is 5.91 Å². The molecule has 0 bridgehead atoms. The van der Waals surface area contributed by atoms with E-state index in [0.717, 1.165) is 42.8 Å². The lowest BCUT2D eigenvalue weighted by Crippen LogP contribution is -2.37. The van der Waals surface area contributed by atoms with Gasteiger partial charge >= 0.3 is 5.97 Å². The monoisotopic (exact) mass is 324 g/mol. The number of hydrogen-bond donors (Lipinski definition) is 1. The Balaban J connectivity index is 1.79. The summed E-state index contributed by atoms with van der Waals surface area (Å²) in [5, 5.41) is 9.09. The average Bonchev–Trinajstić information content (AvgIpc) is 2.62. The number of carboxylic acid groups (broad SMARTS) is 1. The minimum absolute atomic E-state index is 0.113. The molecule has 3 rings (SSSR count). The highest BCUT2D eigenvalue weighted by atomic mass is 16.4. The van der Waals surface area contributed by atoms with Gasteiger partial charge in [-0.15, -0.1) is 0 Å². The van der Waals surface area contributed by atoms with Crippen molar-refractivity contribution in [3.63, 3.8) is 0 Å². The zero-order valence-corrected chi connectivity index (χ0v) is 13.6. The molecule has 124 valence electrons. The number of benzene rings is 1. The van der Waals surface area contributed by atoms with Crippen LogP contribution in [0.25, 0.3) is 11.1 Å². The molecule has 1 aliphatic rings. The topological polar surface area (TPSA) is 70.5 Å². The van der Waals surface area contributed by atoms with Crippen LogP contribution in [0.4, 0.5) is 0 Å². The van der Waals surface area contributed by atoms with Gasteiger partial charge in [-0.25, -0.2) is 4.79 Å². The van der Waals surface area contributed by atoms with Crippen molar-refractivity contribution < 1.29 is 14.7 Å². The number of piperidine rings is 1. The molecular weight excluding hydrogens is 304 g/mol. The average molecular weight is 324 g/mol. The van der Waals surface area contributed by atoms with Crippen LogP contribution in [0.1, 0.15) is 41.7 Å². The van der Waals surface area contributed by atoms with Crippen LogP contribution in [0.5, 0.6) is 0 Å². The number of pyridine rings is 1. The van der Waals surface area contributed by atoms with Crippen LogP contribution < -0.4 is 0 Å². The summed E-state index contributed by atoms with van der Waals surface area (Å²) < 4.78 is 0. The number of aromatic carboxylic acids is 1. The predicted octanol–water partition coefficient (Wildman–Crippen LogP) is 3.17. The van der Waals surface area contributed by atoms with Crippen molar-refractivity contribution in [3.05, 3.63) is 53.9 Å². The SMILES string of the molecule is CC(=O)N1CCCC(c2ccc(-c3cccc(C(=O)O)c3)cn2)C1. The van der Waals surface area contributed by atoms with E-state index in [9.17, 15) is 9.59 Å². The van der Waals surface area contributed by atoms with Gasteiger partial charge in [0, 0.05) is 43.4 Å². The maximum atomic E-state index is 11.6. The number of amides is 1. The van der Waals surface area contributed by atoms with Crippen LogP contribution >= 0.6 is 0 Å². The molecule has 1 N–H and O–H groups in total. The van der Waals surface area contributed by atoms with Gasteiger partial charge in [0.25, 0.3) is 0 Å². The molecule has 0 saturated carbocycles. The van der Waals surface area contributed by atoms with Gasteiger partial charge in [0.15, 0.2) is 0 Å². The first-order valence-electron chi connectivity index (χ1n) is 8.10. The van der Waals surface area contributed by atoms with Gasteiger partial charge in [0.05, 0.1) is 5.56 Å². The highest BCUT2D eigenvalue weighted by Crippen LogP contribution is 2.27. The fourth-order valence-corrected chi connectivity index (χ4v) is 3.15. The predicted molar refractivity (Wildman–Crippen MR) is 90.9 cm³/mol. The molecule has 1 atom stereocenters. The van der Waals surface area contributed by atoms with E-state index in [1.165, 1.54) is 0 Å². The molecule has 24 heavy (non-hydrogen) atoms. The van der Waals surface area contributed by atoms with Gasteiger partial charge in [0.1, 0.15) is 0 Å². The number of likely N-dealkylation sites (tertiary alicyclic amines) is 1. The first-order valence-corrected chi connectivity index (χ1v) is 8.10. The molecule has 1 saturated heterocycles. The first kappa shape index (κ1) is 16.2. The smallest absolute Gasteiger partial charge is 0.335 e. The third kappa shape index (κ3) is 3.45. The highest BCUT2D eigenvalue weighted by molar-refractivity contribution is 5.89. The summed E-state index contributed by atoms with van der Waals surface area (Å²) in [4.78, 5) is 29.1. The van der Waals surface area contributed by atoms with Gasteiger partial charge < -0.3 is 10.0 Å². The summed E-state index contributed by atoms with van der Waals surface area (Å²) in [5.41, 5.74) is 2.98. The number of carboxylic acids is 1. The Morgan fingerprint density at radius 1 is 1.21 bits per heavy atom. The van der Waals surface area contributed by atoms with Crippen molar-refractivity contribution in [1.82, 2.24) is 9.88 Å². The highest BCUT2D eigenvalue weighted by Gasteiger charge is 2.23. The van der Waals surface area contributed by atoms with Gasteiger partial charge in [-0.1, -0.05) is 18.2 Å². The fraction of sp³-hybridized carbons (Fsp3) is 0.316. The number of aromatic nitrogens is 1. The van der Waals surface area contributed by atoms with Gasteiger partial charge in [-0.2, -0.15) is 0 Å². The lowest BCUT2D eigenvalue weighted by atomic mass is 9.93. The van der Waals surface area contributed by atoms with Crippen molar-refractivity contribution in [2.75, 3.05) is 13.1 Å². The van der Waals surface area contributed by atoms with Crippen molar-refractivity contribution in [3.8, 4) is 11.1 Å². The van der Waals surface area contributed by atoms with Crippen molar-refractivity contribution in [2.24, 2.45) is 0 Å². The largest absolute Gasteiger partial charge is 0.478 e. The van der Waals surface area contributed by atoms with Crippen LogP contribution in [0, 0.1) is 0 Å². The van der Waals surface area contributed by atoms with Crippen LogP contribution in [-0.4, -0.2) is 40.0 Å². The summed E-state index contributed by atoms with van der Waals surface area (Å²) in [6, 6.07) is 10.8. The van der Waals surface area contributed by atoms with E-state index in [1.807, 2.05) is 23.1 Å². The zero-order valence-electron chi connectivity index (χ0n) is 13.6. The minimum Gasteiger partial charge on any atom is -0.478 e. The fourth-order valence-electron chi connectivity index (χ4n) is 3.15. The van der Waals surface area contributed by atoms with E-state index in [1.54, 1.807) is 31.3 Å². The molecule has 2 heterocycles. The molecule has 1 aromatic carbocycles. The Kier molecular flexibility index (Phi) is 4.60. The van der Waals surface area contributed by atoms with Crippen molar-refractivity contribution >= 4 is 11.9 Å². The summed E-state index contributed by atoms with van der Waals surface area (Å²) in [5.74, 6) is -0.559. The summed E-state index contributed by atoms with van der Waals surface area (Å²) in [6.45, 7) is 3.15. The minimum atomic E-state index is -0.937. The molecule has 1 fully saturated rings. The molecule has 1 unspecified atom stereocenters. The second-order valence-electron chi connectivity index (χ2n) is 6.16. The Bertz CT molecular complexity index is 755. The Morgan fingerprint density at radius 3 is 2.71 bits per heavy atom. The van der Waals surface area contributed by atoms with E-state index in [0.29, 0.717) is 0 Å². The second-order valence-corrected chi connectivity index (χ2v) is 6.16. The molecule has 2 aromatic rings. The Morgan fingerprint density at radius 2 is 2.04 bits per heavy atom. The Hall–Kier alpha value is -2.69. The third-order valence-corrected chi connectivity index (χ3v) is 4.51. The van der Waals surface area contributed by atoms with Gasteiger partial charge in [-0.05, 0) is 36.6 Å². The summed E-state index contributed by atoms with van der Waals surface area (Å²) in [7, 11) is 0. The molecular formula is C19H20N2O3. The lowest BCUT2D eigenvalue weighted by molar-refractivity contribution is -0.130. The number of carbonyl (C=O) groups excluding carboxylic acids is 1. The molecule has 0 spiro atoms. The van der Waals surface area contributed by atoms with E-state index in [2.05, 4.69) is 4.98 Å². The van der Waals surface area contributed by atoms with Crippen LogP contribution in [0.2, 0.25) is 0 Å². The van der Waals surface area contributed by atoms with Crippen molar-refractivity contribution in [1.29, 1.82) is 0 Å². The molecule has 1 aromatic heterocycles. The maximum absolute atomic E-state index is 11.6. The second kappa shape index (κ2) is 6.83. The number of carbonyl (C=O) groups is 2. The summed E-state index contributed by atoms with van der Waals surface area (Å²) in [6.07, 6.45) is 3.81. The molecule has 1 aliphatic heterocycles. The molecule has 1 amide bonds. The third-order valence-electron chi connectivity index (χ3n) is 4.51. The normalized spacial score (nSPS) is 17.5. The van der Waals surface area contributed by atoms with Gasteiger partial charge in [-0.3, -0.25) is 9.78 Å². The van der Waals surface area contributed by atoms with Crippen LogP contribution in [0.3, 0.4) is 0 Å². The van der Waals surface area contributed by atoms with E-state index < -0.39 is 5.97 Å². The molecule has 0 aliphatic carbocycles. The standard InChI is InChI=1S/C19H20N2O3/c1-13(22)21-9-3-6-17(12-21)18-8-7-16(11-20-18)14-4-2-5-15(10-14)19(23)24/h2,4-5,7-8,10-11,17H,3,6,9,12H2,1H3,(H,23,24).